The van der Waals surface area contributed by atoms with Gasteiger partial charge < -0.3 is 4.74 Å². The maximum Gasteiger partial charge on any atom is 0.113 e. The van der Waals surface area contributed by atoms with Crippen LogP contribution in [0.2, 0.25) is 0 Å². The van der Waals surface area contributed by atoms with Crippen molar-refractivity contribution in [2.75, 3.05) is 20.2 Å². The number of hydrogen-bond acceptors (Lipinski definition) is 4. The quantitative estimate of drug-likeness (QED) is 0.765. The number of ether oxygens (including phenoxy) is 1. The van der Waals surface area contributed by atoms with Crippen LogP contribution in [0.3, 0.4) is 0 Å². The third-order valence-electron chi connectivity index (χ3n) is 3.57. The van der Waals surface area contributed by atoms with Gasteiger partial charge in [-0.3, -0.25) is 4.90 Å². The Morgan fingerprint density at radius 2 is 1.90 bits per heavy atom. The van der Waals surface area contributed by atoms with Gasteiger partial charge in [0.25, 0.3) is 0 Å². The molecule has 0 bridgehead atoms. The summed E-state index contributed by atoms with van der Waals surface area (Å²) in [5.74, 6) is 0. The summed E-state index contributed by atoms with van der Waals surface area (Å²) in [7, 11) is 7.43. The smallest absolute Gasteiger partial charge is 0.113 e. The first-order valence-electron chi connectivity index (χ1n) is 6.68. The van der Waals surface area contributed by atoms with Crippen LogP contribution in [0, 0.1) is 0 Å². The predicted octanol–water partition coefficient (Wildman–Crippen LogP) is 0.768. The van der Waals surface area contributed by atoms with Gasteiger partial charge >= 0.3 is 0 Å². The first kappa shape index (κ1) is 13.3. The van der Waals surface area contributed by atoms with E-state index in [9.17, 15) is 0 Å². The van der Waals surface area contributed by atoms with E-state index in [0.29, 0.717) is 6.10 Å². The number of hydrogen-bond donors (Lipinski definition) is 0. The molecule has 1 aromatic carbocycles. The summed E-state index contributed by atoms with van der Waals surface area (Å²) in [5.41, 5.74) is 3.64. The Labute approximate surface area is 120 Å². The first-order chi connectivity index (χ1) is 9.74. The summed E-state index contributed by atoms with van der Waals surface area (Å²) in [5, 5.41) is 8.57. The number of likely N-dealkylation sites (tertiary alicyclic amines) is 1. The van der Waals surface area contributed by atoms with Crippen LogP contribution in [-0.4, -0.2) is 49.2 Å². The van der Waals surface area contributed by atoms with Gasteiger partial charge in [0, 0.05) is 32.3 Å². The van der Waals surface area contributed by atoms with E-state index >= 15 is 0 Å². The summed E-state index contributed by atoms with van der Waals surface area (Å²) in [4.78, 5) is 2.29. The Kier molecular flexibility index (Phi) is 3.80. The largest absolute Gasteiger partial charge is 0.379 e. The monoisotopic (exact) mass is 265 g/mol. The molecule has 0 N–H and O–H groups in total. The minimum Gasteiger partial charge on any atom is -0.379 e. The zero-order valence-corrected chi connectivity index (χ0v) is 11.5. The van der Waals surface area contributed by atoms with Crippen LogP contribution in [0.5, 0.6) is 0 Å². The zero-order chi connectivity index (χ0) is 13.9. The van der Waals surface area contributed by atoms with E-state index in [0.717, 1.165) is 42.0 Å². The van der Waals surface area contributed by atoms with Gasteiger partial charge in [-0.1, -0.05) is 29.7 Å². The highest BCUT2D eigenvalue weighted by molar-refractivity contribution is 6.32. The average Bonchev–Trinajstić information content (AvgIpc) is 2.44. The lowest BCUT2D eigenvalue weighted by Crippen LogP contribution is -2.51. The lowest BCUT2D eigenvalue weighted by Gasteiger charge is -2.37. The van der Waals surface area contributed by atoms with Crippen molar-refractivity contribution < 1.29 is 4.74 Å². The molecule has 0 unspecified atom stereocenters. The van der Waals surface area contributed by atoms with Crippen LogP contribution in [0.1, 0.15) is 5.69 Å². The third kappa shape index (κ3) is 2.89. The van der Waals surface area contributed by atoms with Gasteiger partial charge in [0.1, 0.15) is 7.85 Å². The molecule has 0 saturated carbocycles. The molecule has 3 rings (SSSR count). The van der Waals surface area contributed by atoms with Crippen molar-refractivity contribution in [3.05, 3.63) is 42.1 Å². The fourth-order valence-corrected chi connectivity index (χ4v) is 2.28. The van der Waals surface area contributed by atoms with Crippen LogP contribution >= 0.6 is 0 Å². The fourth-order valence-electron chi connectivity index (χ4n) is 2.28. The lowest BCUT2D eigenvalue weighted by atomic mass is 9.95. The molecule has 1 aliphatic heterocycles. The Morgan fingerprint density at radius 3 is 2.50 bits per heavy atom. The molecule has 0 spiro atoms. The van der Waals surface area contributed by atoms with E-state index in [4.69, 9.17) is 12.6 Å². The Bertz CT molecular complexity index is 565. The van der Waals surface area contributed by atoms with E-state index in [1.54, 1.807) is 7.11 Å². The van der Waals surface area contributed by atoms with E-state index in [1.165, 1.54) is 0 Å². The molecule has 2 radical (unpaired) electrons. The third-order valence-corrected chi connectivity index (χ3v) is 3.57. The Hall–Kier alpha value is -1.72. The van der Waals surface area contributed by atoms with Crippen molar-refractivity contribution in [2.24, 2.45) is 0 Å². The zero-order valence-electron chi connectivity index (χ0n) is 11.5. The molecule has 100 valence electrons. The van der Waals surface area contributed by atoms with Crippen LogP contribution < -0.4 is 5.46 Å². The van der Waals surface area contributed by atoms with E-state index < -0.39 is 0 Å². The molecule has 20 heavy (non-hydrogen) atoms. The van der Waals surface area contributed by atoms with Crippen LogP contribution in [0.15, 0.2) is 36.4 Å². The van der Waals surface area contributed by atoms with Crippen molar-refractivity contribution in [3.8, 4) is 11.3 Å². The second-order valence-corrected chi connectivity index (χ2v) is 5.08. The Balaban J connectivity index is 1.64. The first-order valence-corrected chi connectivity index (χ1v) is 6.68. The highest BCUT2D eigenvalue weighted by Gasteiger charge is 2.26. The fraction of sp³-hybridized carbons (Fsp3) is 0.333. The van der Waals surface area contributed by atoms with Gasteiger partial charge in [-0.25, -0.2) is 0 Å². The molecule has 1 saturated heterocycles. The van der Waals surface area contributed by atoms with Crippen LogP contribution in [-0.2, 0) is 11.3 Å². The van der Waals surface area contributed by atoms with E-state index in [1.807, 2.05) is 36.4 Å². The number of nitrogens with zero attached hydrogens (tertiary/aromatic N) is 3. The number of aromatic nitrogens is 2. The second-order valence-electron chi connectivity index (χ2n) is 5.08. The standard InChI is InChI=1S/C15H16BN3O/c1-20-14-9-19(10-14)8-13-6-7-15(18-17-13)11-2-4-12(16)5-3-11/h2-7,14H,8-10H2,1H3. The highest BCUT2D eigenvalue weighted by Crippen LogP contribution is 2.17. The van der Waals surface area contributed by atoms with Crippen molar-refractivity contribution in [3.63, 3.8) is 0 Å². The number of rotatable bonds is 4. The SMILES string of the molecule is [B]c1ccc(-c2ccc(CN3CC(OC)C3)nn2)cc1. The van der Waals surface area contributed by atoms with Crippen molar-refractivity contribution >= 4 is 13.3 Å². The van der Waals surface area contributed by atoms with Gasteiger partial charge in [-0.2, -0.15) is 10.2 Å². The molecule has 0 aliphatic carbocycles. The van der Waals surface area contributed by atoms with Crippen molar-refractivity contribution in [2.45, 2.75) is 12.6 Å². The molecule has 2 aromatic rings. The maximum atomic E-state index is 5.68. The van der Waals surface area contributed by atoms with Gasteiger partial charge in [0.05, 0.1) is 17.5 Å². The molecule has 5 heteroatoms. The molecule has 0 atom stereocenters. The summed E-state index contributed by atoms with van der Waals surface area (Å²) in [6.45, 7) is 2.77. The van der Waals surface area contributed by atoms with Gasteiger partial charge in [0.2, 0.25) is 0 Å². The minimum atomic E-state index is 0.372. The van der Waals surface area contributed by atoms with E-state index in [2.05, 4.69) is 15.1 Å². The highest BCUT2D eigenvalue weighted by atomic mass is 16.5. The lowest BCUT2D eigenvalue weighted by molar-refractivity contribution is -0.0340. The number of benzene rings is 1. The summed E-state index contributed by atoms with van der Waals surface area (Å²) in [6, 6.07) is 11.7. The van der Waals surface area contributed by atoms with Gasteiger partial charge in [-0.05, 0) is 12.1 Å². The maximum absolute atomic E-state index is 5.68. The molecule has 1 fully saturated rings. The van der Waals surface area contributed by atoms with E-state index in [-0.39, 0.29) is 0 Å². The molecule has 0 amide bonds. The molecular weight excluding hydrogens is 249 g/mol. The van der Waals surface area contributed by atoms with Crippen LogP contribution in [0.25, 0.3) is 11.3 Å². The van der Waals surface area contributed by atoms with Gasteiger partial charge in [0.15, 0.2) is 0 Å². The average molecular weight is 265 g/mol. The molecule has 2 heterocycles. The summed E-state index contributed by atoms with van der Waals surface area (Å²) in [6.07, 6.45) is 0.372. The summed E-state index contributed by atoms with van der Waals surface area (Å²) >= 11 is 0. The van der Waals surface area contributed by atoms with Crippen LogP contribution in [0.4, 0.5) is 0 Å². The van der Waals surface area contributed by atoms with Crippen molar-refractivity contribution in [1.29, 1.82) is 0 Å². The molecule has 4 nitrogen and oxygen atoms in total. The summed E-state index contributed by atoms with van der Waals surface area (Å²) < 4.78 is 5.25. The second kappa shape index (κ2) is 5.73. The van der Waals surface area contributed by atoms with Crippen molar-refractivity contribution in [1.82, 2.24) is 15.1 Å². The molecule has 1 aromatic heterocycles. The topological polar surface area (TPSA) is 38.2 Å². The van der Waals surface area contributed by atoms with Gasteiger partial charge in [-0.15, -0.1) is 0 Å². The number of methoxy groups -OCH3 is 1. The predicted molar refractivity (Wildman–Crippen MR) is 78.9 cm³/mol. The normalized spacial score (nSPS) is 16.1. The minimum absolute atomic E-state index is 0.372. The molecular formula is C15H16BN3O. The molecule has 1 aliphatic rings. The Morgan fingerprint density at radius 1 is 1.15 bits per heavy atom.